The molecule has 0 unspecified atom stereocenters. The van der Waals surface area contributed by atoms with E-state index in [0.717, 1.165) is 23.5 Å². The molecule has 1 rings (SSSR count). The fourth-order valence-corrected chi connectivity index (χ4v) is 3.36. The van der Waals surface area contributed by atoms with Crippen LogP contribution in [0.1, 0.15) is 53.7 Å². The lowest BCUT2D eigenvalue weighted by Crippen LogP contribution is -2.34. The molecule has 0 amide bonds. The molecule has 0 saturated carbocycles. The van der Waals surface area contributed by atoms with E-state index < -0.39 is 0 Å². The van der Waals surface area contributed by atoms with Crippen molar-refractivity contribution in [2.75, 3.05) is 19.6 Å². The third kappa shape index (κ3) is 4.73. The SMILES string of the molecule is CCC(CC)CN(CC)CC(=O)c1cc(C)sc1C. The summed E-state index contributed by atoms with van der Waals surface area (Å²) >= 11 is 1.72. The number of Topliss-reactive ketones (excluding diaryl/α,β-unsaturated/α-hetero) is 1. The van der Waals surface area contributed by atoms with Crippen LogP contribution in [-0.4, -0.2) is 30.3 Å². The number of likely N-dealkylation sites (N-methyl/N-ethyl adjacent to an activating group) is 1. The first kappa shape index (κ1) is 16.4. The lowest BCUT2D eigenvalue weighted by molar-refractivity contribution is 0.0920. The second kappa shape index (κ2) is 7.81. The quantitative estimate of drug-likeness (QED) is 0.662. The van der Waals surface area contributed by atoms with Crippen LogP contribution >= 0.6 is 11.3 Å². The van der Waals surface area contributed by atoms with E-state index in [-0.39, 0.29) is 5.78 Å². The van der Waals surface area contributed by atoms with E-state index in [1.165, 1.54) is 17.7 Å². The number of hydrogen-bond acceptors (Lipinski definition) is 3. The molecule has 1 heterocycles. The van der Waals surface area contributed by atoms with Crippen molar-refractivity contribution in [3.8, 4) is 0 Å². The normalized spacial score (nSPS) is 11.5. The summed E-state index contributed by atoms with van der Waals surface area (Å²) in [7, 11) is 0. The topological polar surface area (TPSA) is 20.3 Å². The van der Waals surface area contributed by atoms with Gasteiger partial charge in [-0.1, -0.05) is 33.6 Å². The maximum atomic E-state index is 12.4. The Bertz CT molecular complexity index is 407. The number of hydrogen-bond donors (Lipinski definition) is 0. The van der Waals surface area contributed by atoms with Crippen LogP contribution in [0.4, 0.5) is 0 Å². The first-order chi connectivity index (χ1) is 9.01. The van der Waals surface area contributed by atoms with Gasteiger partial charge in [-0.25, -0.2) is 0 Å². The Hall–Kier alpha value is -0.670. The lowest BCUT2D eigenvalue weighted by Gasteiger charge is -2.24. The van der Waals surface area contributed by atoms with Gasteiger partial charge >= 0.3 is 0 Å². The fraction of sp³-hybridized carbons (Fsp3) is 0.688. The largest absolute Gasteiger partial charge is 0.296 e. The summed E-state index contributed by atoms with van der Waals surface area (Å²) in [5, 5.41) is 0. The van der Waals surface area contributed by atoms with Crippen molar-refractivity contribution >= 4 is 17.1 Å². The Morgan fingerprint density at radius 1 is 1.26 bits per heavy atom. The molecule has 108 valence electrons. The summed E-state index contributed by atoms with van der Waals surface area (Å²) in [6.07, 6.45) is 2.38. The fourth-order valence-electron chi connectivity index (χ4n) is 2.41. The third-order valence-electron chi connectivity index (χ3n) is 3.83. The van der Waals surface area contributed by atoms with E-state index >= 15 is 0 Å². The molecule has 0 aliphatic rings. The molecule has 0 fully saturated rings. The Kier molecular flexibility index (Phi) is 6.73. The maximum absolute atomic E-state index is 12.4. The Morgan fingerprint density at radius 2 is 1.89 bits per heavy atom. The van der Waals surface area contributed by atoms with Gasteiger partial charge in [0.2, 0.25) is 0 Å². The first-order valence-electron chi connectivity index (χ1n) is 7.34. The van der Waals surface area contributed by atoms with Crippen LogP contribution in [0.3, 0.4) is 0 Å². The summed E-state index contributed by atoms with van der Waals surface area (Å²) in [4.78, 5) is 17.0. The van der Waals surface area contributed by atoms with Gasteiger partial charge in [-0.3, -0.25) is 9.69 Å². The first-order valence-corrected chi connectivity index (χ1v) is 8.15. The Morgan fingerprint density at radius 3 is 2.32 bits per heavy atom. The number of nitrogens with zero attached hydrogens (tertiary/aromatic N) is 1. The summed E-state index contributed by atoms with van der Waals surface area (Å²) in [6, 6.07) is 2.04. The van der Waals surface area contributed by atoms with Crippen molar-refractivity contribution in [1.82, 2.24) is 4.90 Å². The molecule has 0 aliphatic carbocycles. The molecule has 3 heteroatoms. The van der Waals surface area contributed by atoms with Gasteiger partial charge in [-0.2, -0.15) is 0 Å². The van der Waals surface area contributed by atoms with Gasteiger partial charge in [0.25, 0.3) is 0 Å². The highest BCUT2D eigenvalue weighted by molar-refractivity contribution is 7.12. The van der Waals surface area contributed by atoms with Crippen LogP contribution in [-0.2, 0) is 0 Å². The van der Waals surface area contributed by atoms with Crippen LogP contribution in [0.25, 0.3) is 0 Å². The molecule has 0 radical (unpaired) electrons. The van der Waals surface area contributed by atoms with Crippen LogP contribution < -0.4 is 0 Å². The number of rotatable bonds is 8. The smallest absolute Gasteiger partial charge is 0.177 e. The van der Waals surface area contributed by atoms with Crippen LogP contribution in [0, 0.1) is 19.8 Å². The molecule has 0 bridgehead atoms. The van der Waals surface area contributed by atoms with Gasteiger partial charge in [0.1, 0.15) is 0 Å². The van der Waals surface area contributed by atoms with Crippen molar-refractivity contribution in [3.63, 3.8) is 0 Å². The minimum atomic E-state index is 0.273. The van der Waals surface area contributed by atoms with Crippen molar-refractivity contribution in [2.24, 2.45) is 5.92 Å². The summed E-state index contributed by atoms with van der Waals surface area (Å²) < 4.78 is 0. The van der Waals surface area contributed by atoms with Crippen LogP contribution in [0.5, 0.6) is 0 Å². The molecule has 2 nitrogen and oxygen atoms in total. The molecule has 0 aromatic carbocycles. The predicted molar refractivity (Wildman–Crippen MR) is 84.3 cm³/mol. The molecular formula is C16H27NOS. The molecule has 0 atom stereocenters. The molecule has 0 aliphatic heterocycles. The zero-order valence-corrected chi connectivity index (χ0v) is 13.8. The van der Waals surface area contributed by atoms with E-state index in [1.807, 2.05) is 13.0 Å². The second-order valence-corrected chi connectivity index (χ2v) is 6.72. The molecule has 0 N–H and O–H groups in total. The third-order valence-corrected chi connectivity index (χ3v) is 4.79. The molecule has 19 heavy (non-hydrogen) atoms. The van der Waals surface area contributed by atoms with Gasteiger partial charge in [0.15, 0.2) is 5.78 Å². The summed E-state index contributed by atoms with van der Waals surface area (Å²) in [5.74, 6) is 0.979. The lowest BCUT2D eigenvalue weighted by atomic mass is 10.0. The van der Waals surface area contributed by atoms with E-state index in [0.29, 0.717) is 12.5 Å². The standard InChI is InChI=1S/C16H27NOS/c1-6-14(7-2)10-17(8-3)11-16(18)15-9-12(4)19-13(15)5/h9,14H,6-8,10-11H2,1-5H3. The van der Waals surface area contributed by atoms with E-state index in [2.05, 4.69) is 32.6 Å². The predicted octanol–water partition coefficient (Wildman–Crippen LogP) is 4.31. The summed E-state index contributed by atoms with van der Waals surface area (Å²) in [5.41, 5.74) is 0.922. The zero-order valence-electron chi connectivity index (χ0n) is 13.0. The molecule has 1 aromatic heterocycles. The highest BCUT2D eigenvalue weighted by Crippen LogP contribution is 2.21. The van der Waals surface area contributed by atoms with Gasteiger partial charge in [-0.05, 0) is 32.4 Å². The monoisotopic (exact) mass is 281 g/mol. The minimum absolute atomic E-state index is 0.273. The summed E-state index contributed by atoms with van der Waals surface area (Å²) in [6.45, 7) is 13.3. The maximum Gasteiger partial charge on any atom is 0.177 e. The molecular weight excluding hydrogens is 254 g/mol. The number of carbonyl (C=O) groups is 1. The average molecular weight is 281 g/mol. The van der Waals surface area contributed by atoms with Crippen molar-refractivity contribution in [1.29, 1.82) is 0 Å². The highest BCUT2D eigenvalue weighted by atomic mass is 32.1. The van der Waals surface area contributed by atoms with Gasteiger partial charge in [-0.15, -0.1) is 11.3 Å². The van der Waals surface area contributed by atoms with Crippen LogP contribution in [0.2, 0.25) is 0 Å². The molecule has 0 spiro atoms. The van der Waals surface area contributed by atoms with Gasteiger partial charge in [0, 0.05) is 21.9 Å². The van der Waals surface area contributed by atoms with Crippen molar-refractivity contribution in [3.05, 3.63) is 21.4 Å². The number of ketones is 1. The van der Waals surface area contributed by atoms with Crippen LogP contribution in [0.15, 0.2) is 6.07 Å². The van der Waals surface area contributed by atoms with E-state index in [9.17, 15) is 4.79 Å². The van der Waals surface area contributed by atoms with E-state index in [1.54, 1.807) is 11.3 Å². The number of aryl methyl sites for hydroxylation is 2. The molecule has 0 saturated heterocycles. The molecule has 1 aromatic rings. The number of thiophene rings is 1. The Labute approximate surface area is 121 Å². The average Bonchev–Trinajstić information content (AvgIpc) is 2.73. The highest BCUT2D eigenvalue weighted by Gasteiger charge is 2.17. The zero-order chi connectivity index (χ0) is 14.4. The van der Waals surface area contributed by atoms with Crippen molar-refractivity contribution < 1.29 is 4.79 Å². The Balaban J connectivity index is 2.65. The minimum Gasteiger partial charge on any atom is -0.296 e. The van der Waals surface area contributed by atoms with Gasteiger partial charge in [0.05, 0.1) is 6.54 Å². The second-order valence-electron chi connectivity index (χ2n) is 5.26. The van der Waals surface area contributed by atoms with Gasteiger partial charge < -0.3 is 0 Å². The van der Waals surface area contributed by atoms with E-state index in [4.69, 9.17) is 0 Å². The number of carbonyl (C=O) groups excluding carboxylic acids is 1. The van der Waals surface area contributed by atoms with Crippen molar-refractivity contribution in [2.45, 2.75) is 47.5 Å².